The van der Waals surface area contributed by atoms with E-state index in [1.807, 2.05) is 0 Å². The van der Waals surface area contributed by atoms with E-state index in [4.69, 9.17) is 0 Å². The van der Waals surface area contributed by atoms with Gasteiger partial charge in [0.2, 0.25) is 0 Å². The SMILES string of the molecule is O=C(CC1CCCCCC1)C1CCCN1. The first-order valence-corrected chi connectivity index (χ1v) is 6.62. The fraction of sp³-hybridized carbons (Fsp3) is 0.923. The normalized spacial score (nSPS) is 28.9. The quantitative estimate of drug-likeness (QED) is 0.724. The van der Waals surface area contributed by atoms with E-state index in [1.165, 1.54) is 44.9 Å². The van der Waals surface area contributed by atoms with E-state index in [2.05, 4.69) is 5.32 Å². The van der Waals surface area contributed by atoms with Gasteiger partial charge in [-0.05, 0) is 25.3 Å². The van der Waals surface area contributed by atoms with Gasteiger partial charge in [0.1, 0.15) is 5.78 Å². The van der Waals surface area contributed by atoms with Gasteiger partial charge in [-0.3, -0.25) is 4.79 Å². The number of carbonyl (C=O) groups is 1. The fourth-order valence-corrected chi connectivity index (χ4v) is 2.95. The summed E-state index contributed by atoms with van der Waals surface area (Å²) in [5, 5.41) is 3.31. The van der Waals surface area contributed by atoms with Crippen molar-refractivity contribution in [2.75, 3.05) is 6.54 Å². The molecule has 0 aromatic rings. The third-order valence-electron chi connectivity index (χ3n) is 3.91. The molecule has 0 aromatic heterocycles. The first-order valence-electron chi connectivity index (χ1n) is 6.62. The van der Waals surface area contributed by atoms with Gasteiger partial charge in [-0.2, -0.15) is 0 Å². The van der Waals surface area contributed by atoms with Gasteiger partial charge in [-0.1, -0.05) is 38.5 Å². The number of Topliss-reactive ketones (excluding diaryl/α,β-unsaturated/α-hetero) is 1. The van der Waals surface area contributed by atoms with Crippen molar-refractivity contribution in [3.8, 4) is 0 Å². The second kappa shape index (κ2) is 5.64. The van der Waals surface area contributed by atoms with Crippen molar-refractivity contribution >= 4 is 5.78 Å². The number of hydrogen-bond acceptors (Lipinski definition) is 2. The third-order valence-corrected chi connectivity index (χ3v) is 3.91. The summed E-state index contributed by atoms with van der Waals surface area (Å²) in [4.78, 5) is 12.0. The molecule has 86 valence electrons. The molecule has 2 rings (SSSR count). The zero-order valence-electron chi connectivity index (χ0n) is 9.63. The van der Waals surface area contributed by atoms with Gasteiger partial charge in [0, 0.05) is 6.42 Å². The van der Waals surface area contributed by atoms with Crippen LogP contribution in [0, 0.1) is 5.92 Å². The Morgan fingerprint density at radius 2 is 1.73 bits per heavy atom. The molecule has 1 heterocycles. The maximum Gasteiger partial charge on any atom is 0.150 e. The average molecular weight is 209 g/mol. The molecule has 1 atom stereocenters. The van der Waals surface area contributed by atoms with Crippen molar-refractivity contribution in [1.29, 1.82) is 0 Å². The van der Waals surface area contributed by atoms with Crippen LogP contribution in [0.1, 0.15) is 57.8 Å². The molecule has 1 saturated carbocycles. The lowest BCUT2D eigenvalue weighted by molar-refractivity contribution is -0.121. The highest BCUT2D eigenvalue weighted by molar-refractivity contribution is 5.84. The van der Waals surface area contributed by atoms with Gasteiger partial charge in [0.25, 0.3) is 0 Å². The maximum absolute atomic E-state index is 12.0. The predicted octanol–water partition coefficient (Wildman–Crippen LogP) is 2.67. The summed E-state index contributed by atoms with van der Waals surface area (Å²) in [6, 6.07) is 0.202. The fourth-order valence-electron chi connectivity index (χ4n) is 2.95. The molecule has 1 aliphatic heterocycles. The molecule has 2 nitrogen and oxygen atoms in total. The second-order valence-electron chi connectivity index (χ2n) is 5.18. The van der Waals surface area contributed by atoms with Crippen LogP contribution in [0.25, 0.3) is 0 Å². The van der Waals surface area contributed by atoms with E-state index >= 15 is 0 Å². The summed E-state index contributed by atoms with van der Waals surface area (Å²) in [5.74, 6) is 1.18. The summed E-state index contributed by atoms with van der Waals surface area (Å²) >= 11 is 0. The van der Waals surface area contributed by atoms with Gasteiger partial charge in [0.15, 0.2) is 0 Å². The van der Waals surface area contributed by atoms with E-state index < -0.39 is 0 Å². The zero-order chi connectivity index (χ0) is 10.5. The molecule has 0 aromatic carbocycles. The van der Waals surface area contributed by atoms with E-state index in [0.717, 1.165) is 19.4 Å². The lowest BCUT2D eigenvalue weighted by atomic mass is 9.92. The summed E-state index contributed by atoms with van der Waals surface area (Å²) in [5.41, 5.74) is 0. The number of carbonyl (C=O) groups excluding carboxylic acids is 1. The Balaban J connectivity index is 1.76. The van der Waals surface area contributed by atoms with Crippen LogP contribution in [0.4, 0.5) is 0 Å². The highest BCUT2D eigenvalue weighted by Gasteiger charge is 2.24. The number of ketones is 1. The first-order chi connectivity index (χ1) is 7.36. The Bertz CT molecular complexity index is 201. The molecule has 15 heavy (non-hydrogen) atoms. The Hall–Kier alpha value is -0.370. The van der Waals surface area contributed by atoms with Crippen molar-refractivity contribution in [2.45, 2.75) is 63.8 Å². The van der Waals surface area contributed by atoms with Crippen LogP contribution < -0.4 is 5.32 Å². The van der Waals surface area contributed by atoms with Crippen molar-refractivity contribution in [2.24, 2.45) is 5.92 Å². The van der Waals surface area contributed by atoms with Crippen molar-refractivity contribution < 1.29 is 4.79 Å². The Kier molecular flexibility index (Phi) is 4.18. The molecular formula is C13H23NO. The van der Waals surface area contributed by atoms with Crippen LogP contribution in [0.2, 0.25) is 0 Å². The molecule has 1 saturated heterocycles. The van der Waals surface area contributed by atoms with Crippen LogP contribution in [0.15, 0.2) is 0 Å². The van der Waals surface area contributed by atoms with Crippen LogP contribution in [-0.2, 0) is 4.79 Å². The Morgan fingerprint density at radius 1 is 1.00 bits per heavy atom. The Morgan fingerprint density at radius 3 is 2.33 bits per heavy atom. The number of hydrogen-bond donors (Lipinski definition) is 1. The van der Waals surface area contributed by atoms with Crippen LogP contribution in [-0.4, -0.2) is 18.4 Å². The molecule has 1 aliphatic carbocycles. The van der Waals surface area contributed by atoms with E-state index in [-0.39, 0.29) is 6.04 Å². The van der Waals surface area contributed by atoms with Crippen molar-refractivity contribution in [3.63, 3.8) is 0 Å². The van der Waals surface area contributed by atoms with E-state index in [1.54, 1.807) is 0 Å². The molecule has 0 amide bonds. The van der Waals surface area contributed by atoms with Crippen LogP contribution in [0.3, 0.4) is 0 Å². The molecule has 2 heteroatoms. The van der Waals surface area contributed by atoms with Gasteiger partial charge in [-0.15, -0.1) is 0 Å². The van der Waals surface area contributed by atoms with Gasteiger partial charge >= 0.3 is 0 Å². The average Bonchev–Trinajstić information content (AvgIpc) is 2.65. The minimum absolute atomic E-state index is 0.202. The molecule has 2 fully saturated rings. The Labute approximate surface area is 92.8 Å². The van der Waals surface area contributed by atoms with Crippen LogP contribution >= 0.6 is 0 Å². The predicted molar refractivity (Wildman–Crippen MR) is 61.8 cm³/mol. The van der Waals surface area contributed by atoms with E-state index in [9.17, 15) is 4.79 Å². The molecule has 2 aliphatic rings. The zero-order valence-corrected chi connectivity index (χ0v) is 9.63. The maximum atomic E-state index is 12.0. The van der Waals surface area contributed by atoms with Gasteiger partial charge < -0.3 is 5.32 Å². The lowest BCUT2D eigenvalue weighted by Crippen LogP contribution is -2.31. The monoisotopic (exact) mass is 209 g/mol. The topological polar surface area (TPSA) is 29.1 Å². The highest BCUT2D eigenvalue weighted by Crippen LogP contribution is 2.26. The van der Waals surface area contributed by atoms with Gasteiger partial charge in [-0.25, -0.2) is 0 Å². The molecule has 1 unspecified atom stereocenters. The number of nitrogens with one attached hydrogen (secondary N) is 1. The number of rotatable bonds is 3. The molecule has 0 bridgehead atoms. The minimum atomic E-state index is 0.202. The lowest BCUT2D eigenvalue weighted by Gasteiger charge is -2.15. The van der Waals surface area contributed by atoms with Gasteiger partial charge in [0.05, 0.1) is 6.04 Å². The standard InChI is InChI=1S/C13H23NO/c15-13(12-8-5-9-14-12)10-11-6-3-1-2-4-7-11/h11-12,14H,1-10H2. The largest absolute Gasteiger partial charge is 0.307 e. The second-order valence-corrected chi connectivity index (χ2v) is 5.18. The minimum Gasteiger partial charge on any atom is -0.307 e. The van der Waals surface area contributed by atoms with Crippen molar-refractivity contribution in [1.82, 2.24) is 5.32 Å². The summed E-state index contributed by atoms with van der Waals surface area (Å²) in [6.45, 7) is 1.04. The summed E-state index contributed by atoms with van der Waals surface area (Å²) in [6.07, 6.45) is 11.1. The van der Waals surface area contributed by atoms with E-state index in [0.29, 0.717) is 11.7 Å². The third kappa shape index (κ3) is 3.30. The van der Waals surface area contributed by atoms with Crippen LogP contribution in [0.5, 0.6) is 0 Å². The summed E-state index contributed by atoms with van der Waals surface area (Å²) < 4.78 is 0. The molecule has 0 spiro atoms. The van der Waals surface area contributed by atoms with Crippen molar-refractivity contribution in [3.05, 3.63) is 0 Å². The molecule has 0 radical (unpaired) electrons. The molecule has 1 N–H and O–H groups in total. The highest BCUT2D eigenvalue weighted by atomic mass is 16.1. The first kappa shape index (κ1) is 11.1. The summed E-state index contributed by atoms with van der Waals surface area (Å²) in [7, 11) is 0. The smallest absolute Gasteiger partial charge is 0.150 e. The molecular weight excluding hydrogens is 186 g/mol.